The minimum Gasteiger partial charge on any atom is -0.371 e. The molecular formula is C25H29ClFN5O. The summed E-state index contributed by atoms with van der Waals surface area (Å²) in [5.74, 6) is 0.584. The summed E-state index contributed by atoms with van der Waals surface area (Å²) in [4.78, 5) is 27.5. The SMILES string of the molecule is CN(C)C1CCN(C(=O)[C@@H]2CCCN(c3ccc(Cl)c(-c4nc5ccc(F)cc5[nH]4)c3)C2)C1. The van der Waals surface area contributed by atoms with Gasteiger partial charge in [0, 0.05) is 43.5 Å². The Morgan fingerprint density at radius 3 is 2.79 bits per heavy atom. The normalized spacial score (nSPS) is 21.4. The zero-order valence-electron chi connectivity index (χ0n) is 19.0. The minimum absolute atomic E-state index is 0.00738. The first-order valence-electron chi connectivity index (χ1n) is 11.5. The van der Waals surface area contributed by atoms with Crippen molar-refractivity contribution in [1.82, 2.24) is 19.8 Å². The number of anilines is 1. The van der Waals surface area contributed by atoms with Gasteiger partial charge in [-0.25, -0.2) is 9.37 Å². The van der Waals surface area contributed by atoms with E-state index in [1.54, 1.807) is 6.07 Å². The number of likely N-dealkylation sites (tertiary alicyclic amines) is 1. The summed E-state index contributed by atoms with van der Waals surface area (Å²) >= 11 is 6.52. The number of carbonyl (C=O) groups is 1. The van der Waals surface area contributed by atoms with Gasteiger partial charge in [-0.2, -0.15) is 0 Å². The number of H-pyrrole nitrogens is 1. The van der Waals surface area contributed by atoms with Crippen LogP contribution >= 0.6 is 11.6 Å². The van der Waals surface area contributed by atoms with E-state index in [9.17, 15) is 9.18 Å². The quantitative estimate of drug-likeness (QED) is 0.615. The average Bonchev–Trinajstić information content (AvgIpc) is 3.46. The predicted octanol–water partition coefficient (Wildman–Crippen LogP) is 4.40. The van der Waals surface area contributed by atoms with Gasteiger partial charge in [-0.15, -0.1) is 0 Å². The summed E-state index contributed by atoms with van der Waals surface area (Å²) in [6, 6.07) is 10.8. The van der Waals surface area contributed by atoms with E-state index < -0.39 is 0 Å². The second kappa shape index (κ2) is 8.95. The maximum Gasteiger partial charge on any atom is 0.227 e. The molecule has 174 valence electrons. The van der Waals surface area contributed by atoms with Crippen molar-refractivity contribution in [1.29, 1.82) is 0 Å². The van der Waals surface area contributed by atoms with E-state index in [-0.39, 0.29) is 17.6 Å². The van der Waals surface area contributed by atoms with Crippen molar-refractivity contribution >= 4 is 34.2 Å². The highest BCUT2D eigenvalue weighted by molar-refractivity contribution is 6.33. The number of benzene rings is 2. The van der Waals surface area contributed by atoms with Crippen LogP contribution in [0.25, 0.3) is 22.4 Å². The summed E-state index contributed by atoms with van der Waals surface area (Å²) in [7, 11) is 4.16. The van der Waals surface area contributed by atoms with Crippen LogP contribution in [0.2, 0.25) is 5.02 Å². The molecule has 0 saturated carbocycles. The molecule has 1 aromatic heterocycles. The van der Waals surface area contributed by atoms with Crippen LogP contribution < -0.4 is 4.90 Å². The van der Waals surface area contributed by atoms with Crippen LogP contribution in [0.5, 0.6) is 0 Å². The average molecular weight is 470 g/mol. The molecule has 2 aliphatic rings. The van der Waals surface area contributed by atoms with Crippen molar-refractivity contribution in [2.75, 3.05) is 45.2 Å². The standard InChI is InChI=1S/C25H29ClFN5O/c1-30(2)19-9-11-32(15-19)25(33)16-4-3-10-31(14-16)18-6-7-21(26)20(13-18)24-28-22-8-5-17(27)12-23(22)29-24/h5-8,12-13,16,19H,3-4,9-11,14-15H2,1-2H3,(H,28,29)/t16-,19?/m1/s1. The number of aromatic amines is 1. The molecule has 2 aliphatic heterocycles. The predicted molar refractivity (Wildman–Crippen MR) is 130 cm³/mol. The zero-order chi connectivity index (χ0) is 23.1. The van der Waals surface area contributed by atoms with E-state index in [0.717, 1.165) is 50.1 Å². The Labute approximate surface area is 198 Å². The first kappa shape index (κ1) is 22.2. The van der Waals surface area contributed by atoms with Crippen LogP contribution in [-0.2, 0) is 4.79 Å². The highest BCUT2D eigenvalue weighted by atomic mass is 35.5. The van der Waals surface area contributed by atoms with Gasteiger partial charge in [-0.3, -0.25) is 4.79 Å². The summed E-state index contributed by atoms with van der Waals surface area (Å²) in [5.41, 5.74) is 3.12. The summed E-state index contributed by atoms with van der Waals surface area (Å²) in [5, 5.41) is 0.578. The number of piperidine rings is 1. The van der Waals surface area contributed by atoms with Gasteiger partial charge in [0.1, 0.15) is 11.6 Å². The lowest BCUT2D eigenvalue weighted by molar-refractivity contribution is -0.134. The number of hydrogen-bond donors (Lipinski definition) is 1. The minimum atomic E-state index is -0.309. The molecule has 0 aliphatic carbocycles. The van der Waals surface area contributed by atoms with E-state index in [1.807, 2.05) is 23.1 Å². The van der Waals surface area contributed by atoms with Gasteiger partial charge in [0.25, 0.3) is 0 Å². The molecule has 3 aromatic rings. The third kappa shape index (κ3) is 4.44. The molecule has 8 heteroatoms. The van der Waals surface area contributed by atoms with Crippen molar-refractivity contribution in [2.24, 2.45) is 5.92 Å². The second-order valence-electron chi connectivity index (χ2n) is 9.39. The number of amides is 1. The molecule has 2 atom stereocenters. The van der Waals surface area contributed by atoms with Gasteiger partial charge in [-0.05, 0) is 69.8 Å². The molecule has 5 rings (SSSR count). The van der Waals surface area contributed by atoms with Gasteiger partial charge in [0.2, 0.25) is 5.91 Å². The molecule has 2 saturated heterocycles. The molecule has 2 aromatic carbocycles. The Morgan fingerprint density at radius 1 is 1.15 bits per heavy atom. The fourth-order valence-electron chi connectivity index (χ4n) is 5.04. The first-order valence-corrected chi connectivity index (χ1v) is 11.9. The summed E-state index contributed by atoms with van der Waals surface area (Å²) in [6.45, 7) is 3.26. The van der Waals surface area contributed by atoms with Crippen molar-refractivity contribution < 1.29 is 9.18 Å². The number of likely N-dealkylation sites (N-methyl/N-ethyl adjacent to an activating group) is 1. The monoisotopic (exact) mass is 469 g/mol. The topological polar surface area (TPSA) is 55.5 Å². The largest absolute Gasteiger partial charge is 0.371 e. The fraction of sp³-hybridized carbons (Fsp3) is 0.440. The van der Waals surface area contributed by atoms with Crippen LogP contribution in [0.1, 0.15) is 19.3 Å². The molecule has 1 N–H and O–H groups in total. The molecule has 3 heterocycles. The molecule has 1 unspecified atom stereocenters. The van der Waals surface area contributed by atoms with E-state index in [1.165, 1.54) is 12.1 Å². The van der Waals surface area contributed by atoms with Crippen LogP contribution in [-0.4, -0.2) is 72.0 Å². The second-order valence-corrected chi connectivity index (χ2v) is 9.79. The lowest BCUT2D eigenvalue weighted by Crippen LogP contribution is -2.45. The number of hydrogen-bond acceptors (Lipinski definition) is 4. The van der Waals surface area contributed by atoms with Gasteiger partial charge < -0.3 is 19.7 Å². The Bertz CT molecular complexity index is 1180. The highest BCUT2D eigenvalue weighted by Crippen LogP contribution is 2.34. The number of nitrogens with one attached hydrogen (secondary N) is 1. The molecule has 1 amide bonds. The number of fused-ring (bicyclic) bond motifs is 1. The van der Waals surface area contributed by atoms with E-state index in [4.69, 9.17) is 11.6 Å². The lowest BCUT2D eigenvalue weighted by atomic mass is 9.96. The molecular weight excluding hydrogens is 441 g/mol. The maximum atomic E-state index is 13.6. The summed E-state index contributed by atoms with van der Waals surface area (Å²) < 4.78 is 13.6. The van der Waals surface area contributed by atoms with Crippen molar-refractivity contribution in [3.05, 3.63) is 47.2 Å². The van der Waals surface area contributed by atoms with Crippen LogP contribution in [0.3, 0.4) is 0 Å². The molecule has 33 heavy (non-hydrogen) atoms. The Hall–Kier alpha value is -2.64. The van der Waals surface area contributed by atoms with Gasteiger partial charge >= 0.3 is 0 Å². The number of imidazole rings is 1. The maximum absolute atomic E-state index is 13.6. The third-order valence-corrected chi connectivity index (χ3v) is 7.32. The van der Waals surface area contributed by atoms with Crippen LogP contribution in [0.15, 0.2) is 36.4 Å². The van der Waals surface area contributed by atoms with Crippen molar-refractivity contribution in [3.63, 3.8) is 0 Å². The van der Waals surface area contributed by atoms with Crippen LogP contribution in [0, 0.1) is 11.7 Å². The van der Waals surface area contributed by atoms with Gasteiger partial charge in [-0.1, -0.05) is 11.6 Å². The molecule has 0 radical (unpaired) electrons. The number of carbonyl (C=O) groups excluding carboxylic acids is 1. The Balaban J connectivity index is 1.35. The third-order valence-electron chi connectivity index (χ3n) is 6.99. The number of aromatic nitrogens is 2. The van der Waals surface area contributed by atoms with E-state index >= 15 is 0 Å². The molecule has 0 bridgehead atoms. The van der Waals surface area contributed by atoms with Gasteiger partial charge in [0.05, 0.1) is 22.0 Å². The summed E-state index contributed by atoms with van der Waals surface area (Å²) in [6.07, 6.45) is 2.94. The van der Waals surface area contributed by atoms with Crippen LogP contribution in [0.4, 0.5) is 10.1 Å². The van der Waals surface area contributed by atoms with Crippen molar-refractivity contribution in [2.45, 2.75) is 25.3 Å². The Kier molecular flexibility index (Phi) is 6.01. The van der Waals surface area contributed by atoms with Crippen molar-refractivity contribution in [3.8, 4) is 11.4 Å². The smallest absolute Gasteiger partial charge is 0.227 e. The number of nitrogens with zero attached hydrogens (tertiary/aromatic N) is 4. The molecule has 6 nitrogen and oxygen atoms in total. The lowest BCUT2D eigenvalue weighted by Gasteiger charge is -2.35. The molecule has 2 fully saturated rings. The van der Waals surface area contributed by atoms with E-state index in [0.29, 0.717) is 34.5 Å². The number of rotatable bonds is 4. The van der Waals surface area contributed by atoms with E-state index in [2.05, 4.69) is 33.9 Å². The first-order chi connectivity index (χ1) is 15.9. The Morgan fingerprint density at radius 2 is 2.00 bits per heavy atom. The molecule has 0 spiro atoms. The zero-order valence-corrected chi connectivity index (χ0v) is 19.8. The number of halogens is 2. The van der Waals surface area contributed by atoms with Gasteiger partial charge in [0.15, 0.2) is 0 Å². The fourth-order valence-corrected chi connectivity index (χ4v) is 5.24. The highest BCUT2D eigenvalue weighted by Gasteiger charge is 2.34.